The lowest BCUT2D eigenvalue weighted by Gasteiger charge is -2.20. The number of nitrogens with zero attached hydrogens (tertiary/aromatic N) is 1. The third-order valence-electron chi connectivity index (χ3n) is 3.65. The van der Waals surface area contributed by atoms with Gasteiger partial charge in [0.15, 0.2) is 0 Å². The van der Waals surface area contributed by atoms with Crippen LogP contribution in [0.2, 0.25) is 0 Å². The van der Waals surface area contributed by atoms with Gasteiger partial charge in [0.25, 0.3) is 0 Å². The van der Waals surface area contributed by atoms with Crippen molar-refractivity contribution in [1.29, 1.82) is 0 Å². The fraction of sp³-hybridized carbons (Fsp3) is 0.294. The quantitative estimate of drug-likeness (QED) is 0.801. The van der Waals surface area contributed by atoms with E-state index in [1.54, 1.807) is 25.3 Å². The Labute approximate surface area is 141 Å². The monoisotopic (exact) mass is 348 g/mol. The Bertz CT molecular complexity index is 834. The van der Waals surface area contributed by atoms with E-state index < -0.39 is 22.0 Å². The number of rotatable bonds is 7. The number of aromatic nitrogens is 1. The van der Waals surface area contributed by atoms with Crippen molar-refractivity contribution in [2.75, 3.05) is 0 Å². The molecule has 1 atom stereocenters. The summed E-state index contributed by atoms with van der Waals surface area (Å²) in [7, 11) is -3.88. The van der Waals surface area contributed by atoms with Crippen LogP contribution in [0.3, 0.4) is 0 Å². The largest absolute Gasteiger partial charge is 0.481 e. The van der Waals surface area contributed by atoms with Gasteiger partial charge in [0.2, 0.25) is 10.0 Å². The van der Waals surface area contributed by atoms with Crippen molar-refractivity contribution in [1.82, 2.24) is 9.71 Å². The highest BCUT2D eigenvalue weighted by Crippen LogP contribution is 2.24. The summed E-state index contributed by atoms with van der Waals surface area (Å²) in [4.78, 5) is 15.1. The average Bonchev–Trinajstić information content (AvgIpc) is 2.53. The molecule has 0 saturated heterocycles. The van der Waals surface area contributed by atoms with Gasteiger partial charge in [0.05, 0.1) is 12.5 Å². The molecule has 1 unspecified atom stereocenters. The standard InChI is InChI=1S/C17H20N2O4S/c1-3-13-6-4-5-7-15(13)16(9-17(20)21)19-24(22,23)14-8-12(2)10-18-11-14/h4-8,10-11,16,19H,3,9H2,1-2H3,(H,20,21). The molecule has 2 N–H and O–H groups in total. The van der Waals surface area contributed by atoms with Crippen molar-refractivity contribution in [2.24, 2.45) is 0 Å². The lowest BCUT2D eigenvalue weighted by Crippen LogP contribution is -2.31. The van der Waals surface area contributed by atoms with E-state index in [2.05, 4.69) is 9.71 Å². The van der Waals surface area contributed by atoms with Crippen molar-refractivity contribution in [3.63, 3.8) is 0 Å². The van der Waals surface area contributed by atoms with Crippen molar-refractivity contribution in [3.8, 4) is 0 Å². The summed E-state index contributed by atoms with van der Waals surface area (Å²) in [5, 5.41) is 9.17. The molecule has 0 bridgehead atoms. The molecule has 0 aliphatic heterocycles. The summed E-state index contributed by atoms with van der Waals surface area (Å²) in [5.41, 5.74) is 2.29. The van der Waals surface area contributed by atoms with Crippen molar-refractivity contribution in [3.05, 3.63) is 59.4 Å². The molecule has 24 heavy (non-hydrogen) atoms. The highest BCUT2D eigenvalue weighted by Gasteiger charge is 2.25. The average molecular weight is 348 g/mol. The Morgan fingerprint density at radius 2 is 2.00 bits per heavy atom. The summed E-state index contributed by atoms with van der Waals surface area (Å²) in [6.45, 7) is 3.68. The van der Waals surface area contributed by atoms with E-state index in [0.717, 1.165) is 5.56 Å². The topological polar surface area (TPSA) is 96.4 Å². The van der Waals surface area contributed by atoms with E-state index in [9.17, 15) is 18.3 Å². The van der Waals surface area contributed by atoms with E-state index in [-0.39, 0.29) is 11.3 Å². The minimum absolute atomic E-state index is 0.0202. The number of hydrogen-bond acceptors (Lipinski definition) is 4. The predicted molar refractivity (Wildman–Crippen MR) is 90.1 cm³/mol. The van der Waals surface area contributed by atoms with Gasteiger partial charge in [0.1, 0.15) is 4.90 Å². The maximum atomic E-state index is 12.6. The Morgan fingerprint density at radius 1 is 1.29 bits per heavy atom. The molecule has 2 aromatic rings. The predicted octanol–water partition coefficient (Wildman–Crippen LogP) is 2.45. The van der Waals surface area contributed by atoms with Crippen LogP contribution in [0.4, 0.5) is 0 Å². The first-order valence-corrected chi connectivity index (χ1v) is 9.05. The SMILES string of the molecule is CCc1ccccc1C(CC(=O)O)NS(=O)(=O)c1cncc(C)c1. The number of aliphatic carboxylic acids is 1. The molecule has 7 heteroatoms. The van der Waals surface area contributed by atoms with Gasteiger partial charge in [-0.05, 0) is 36.1 Å². The van der Waals surface area contributed by atoms with Gasteiger partial charge in [-0.25, -0.2) is 13.1 Å². The first-order chi connectivity index (χ1) is 11.3. The number of sulfonamides is 1. The van der Waals surface area contributed by atoms with Gasteiger partial charge in [-0.3, -0.25) is 9.78 Å². The van der Waals surface area contributed by atoms with Crippen molar-refractivity contribution < 1.29 is 18.3 Å². The zero-order valence-electron chi connectivity index (χ0n) is 13.6. The number of benzene rings is 1. The van der Waals surface area contributed by atoms with Crippen LogP contribution in [-0.4, -0.2) is 24.5 Å². The van der Waals surface area contributed by atoms with Gasteiger partial charge in [-0.1, -0.05) is 31.2 Å². The Morgan fingerprint density at radius 3 is 2.62 bits per heavy atom. The van der Waals surface area contributed by atoms with E-state index >= 15 is 0 Å². The third kappa shape index (κ3) is 4.39. The Balaban J connectivity index is 2.40. The number of aryl methyl sites for hydroxylation is 2. The minimum Gasteiger partial charge on any atom is -0.481 e. The van der Waals surface area contributed by atoms with E-state index in [1.807, 2.05) is 19.1 Å². The summed E-state index contributed by atoms with van der Waals surface area (Å²) in [5.74, 6) is -1.07. The zero-order chi connectivity index (χ0) is 17.7. The summed E-state index contributed by atoms with van der Waals surface area (Å²) in [6.07, 6.45) is 3.15. The summed E-state index contributed by atoms with van der Waals surface area (Å²) in [6, 6.07) is 7.89. The maximum absolute atomic E-state index is 12.6. The van der Waals surface area contributed by atoms with E-state index in [0.29, 0.717) is 17.5 Å². The van der Waals surface area contributed by atoms with Crippen LogP contribution in [-0.2, 0) is 21.2 Å². The normalized spacial score (nSPS) is 12.8. The second-order valence-electron chi connectivity index (χ2n) is 5.52. The lowest BCUT2D eigenvalue weighted by atomic mass is 9.97. The van der Waals surface area contributed by atoms with Gasteiger partial charge in [-0.15, -0.1) is 0 Å². The molecule has 0 fully saturated rings. The van der Waals surface area contributed by atoms with Crippen LogP contribution < -0.4 is 4.72 Å². The van der Waals surface area contributed by atoms with Crippen molar-refractivity contribution >= 4 is 16.0 Å². The molecule has 6 nitrogen and oxygen atoms in total. The van der Waals surface area contributed by atoms with E-state index in [4.69, 9.17) is 0 Å². The molecular weight excluding hydrogens is 328 g/mol. The summed E-state index contributed by atoms with van der Waals surface area (Å²) < 4.78 is 27.7. The molecule has 1 aromatic carbocycles. The number of carbonyl (C=O) groups is 1. The molecule has 0 radical (unpaired) electrons. The molecule has 1 heterocycles. The van der Waals surface area contributed by atoms with Crippen LogP contribution >= 0.6 is 0 Å². The molecule has 0 aliphatic carbocycles. The minimum atomic E-state index is -3.88. The highest BCUT2D eigenvalue weighted by molar-refractivity contribution is 7.89. The van der Waals surface area contributed by atoms with Gasteiger partial charge in [-0.2, -0.15) is 0 Å². The maximum Gasteiger partial charge on any atom is 0.305 e. The molecule has 0 aliphatic rings. The molecule has 0 spiro atoms. The van der Waals surface area contributed by atoms with Crippen LogP contribution in [0.15, 0.2) is 47.6 Å². The molecule has 0 saturated carbocycles. The molecule has 2 rings (SSSR count). The van der Waals surface area contributed by atoms with Gasteiger partial charge >= 0.3 is 5.97 Å². The van der Waals surface area contributed by atoms with Crippen molar-refractivity contribution in [2.45, 2.75) is 37.6 Å². The number of carboxylic acid groups (broad SMARTS) is 1. The zero-order valence-corrected chi connectivity index (χ0v) is 14.4. The van der Waals surface area contributed by atoms with Crippen LogP contribution in [0, 0.1) is 6.92 Å². The fourth-order valence-electron chi connectivity index (χ4n) is 2.52. The molecule has 128 valence electrons. The van der Waals surface area contributed by atoms with Crippen LogP contribution in [0.5, 0.6) is 0 Å². The van der Waals surface area contributed by atoms with Gasteiger partial charge < -0.3 is 5.11 Å². The van der Waals surface area contributed by atoms with Gasteiger partial charge in [0, 0.05) is 12.4 Å². The fourth-order valence-corrected chi connectivity index (χ4v) is 3.78. The number of nitrogens with one attached hydrogen (secondary N) is 1. The van der Waals surface area contributed by atoms with Crippen LogP contribution in [0.1, 0.15) is 36.1 Å². The second kappa shape index (κ2) is 7.55. The lowest BCUT2D eigenvalue weighted by molar-refractivity contribution is -0.137. The smallest absolute Gasteiger partial charge is 0.305 e. The van der Waals surface area contributed by atoms with E-state index in [1.165, 1.54) is 12.3 Å². The third-order valence-corrected chi connectivity index (χ3v) is 5.09. The number of pyridine rings is 1. The first-order valence-electron chi connectivity index (χ1n) is 7.57. The number of hydrogen-bond donors (Lipinski definition) is 2. The molecule has 0 amide bonds. The summed E-state index contributed by atoms with van der Waals surface area (Å²) >= 11 is 0. The van der Waals surface area contributed by atoms with Crippen LogP contribution in [0.25, 0.3) is 0 Å². The highest BCUT2D eigenvalue weighted by atomic mass is 32.2. The number of carboxylic acids is 1. The molecular formula is C17H20N2O4S. The first kappa shape index (κ1) is 18.1. The molecule has 1 aromatic heterocycles. The second-order valence-corrected chi connectivity index (χ2v) is 7.24. The Kier molecular flexibility index (Phi) is 5.69. The Hall–Kier alpha value is -2.25.